The number of H-pyrrole nitrogens is 1. The number of benzene rings is 1. The predicted molar refractivity (Wildman–Crippen MR) is 58.0 cm³/mol. The molecular weight excluding hydrogens is 209 g/mol. The van der Waals surface area contributed by atoms with Crippen LogP contribution >= 0.6 is 0 Å². The molecule has 84 valence electrons. The number of aliphatic hydroxyl groups is 1. The minimum atomic E-state index is -0.765. The van der Waals surface area contributed by atoms with Crippen molar-refractivity contribution in [2.45, 2.75) is 6.10 Å². The molecule has 2 aromatic rings. The van der Waals surface area contributed by atoms with E-state index in [1.54, 1.807) is 12.1 Å². The number of hydrogen-bond donors (Lipinski definition) is 3. The minimum Gasteiger partial charge on any atom is -0.387 e. The summed E-state index contributed by atoms with van der Waals surface area (Å²) < 4.78 is 12.8. The molecule has 2 rings (SSSR count). The van der Waals surface area contributed by atoms with Crippen LogP contribution < -0.4 is 5.73 Å². The summed E-state index contributed by atoms with van der Waals surface area (Å²) in [6, 6.07) is 5.95. The van der Waals surface area contributed by atoms with Crippen molar-refractivity contribution in [2.75, 3.05) is 6.54 Å². The van der Waals surface area contributed by atoms with Gasteiger partial charge in [0.25, 0.3) is 0 Å². The number of aromatic amines is 1. The maximum Gasteiger partial charge on any atom is 0.123 e. The van der Waals surface area contributed by atoms with Gasteiger partial charge in [-0.3, -0.25) is 5.10 Å². The van der Waals surface area contributed by atoms with E-state index in [0.29, 0.717) is 11.3 Å². The van der Waals surface area contributed by atoms with E-state index in [1.807, 2.05) is 0 Å². The van der Waals surface area contributed by atoms with E-state index in [-0.39, 0.29) is 12.4 Å². The molecule has 0 spiro atoms. The maximum absolute atomic E-state index is 12.8. The van der Waals surface area contributed by atoms with Crippen molar-refractivity contribution in [2.24, 2.45) is 5.73 Å². The van der Waals surface area contributed by atoms with Crippen LogP contribution in [0.2, 0.25) is 0 Å². The first-order valence-corrected chi connectivity index (χ1v) is 4.89. The van der Waals surface area contributed by atoms with Crippen molar-refractivity contribution in [1.29, 1.82) is 0 Å². The molecule has 1 aromatic carbocycles. The number of nitrogens with zero attached hydrogens (tertiary/aromatic N) is 1. The first-order valence-electron chi connectivity index (χ1n) is 4.89. The number of rotatable bonds is 3. The summed E-state index contributed by atoms with van der Waals surface area (Å²) in [5.41, 5.74) is 7.43. The van der Waals surface area contributed by atoms with E-state index in [2.05, 4.69) is 10.2 Å². The number of aromatic nitrogens is 2. The SMILES string of the molecule is NCC(O)c1cn[nH]c1-c1ccc(F)cc1. The normalized spacial score (nSPS) is 12.7. The molecule has 1 aromatic heterocycles. The van der Waals surface area contributed by atoms with Gasteiger partial charge in [-0.1, -0.05) is 0 Å². The van der Waals surface area contributed by atoms with Crippen molar-refractivity contribution < 1.29 is 9.50 Å². The average Bonchev–Trinajstić information content (AvgIpc) is 2.78. The van der Waals surface area contributed by atoms with Crippen LogP contribution in [0.1, 0.15) is 11.7 Å². The zero-order valence-corrected chi connectivity index (χ0v) is 8.52. The molecule has 4 N–H and O–H groups in total. The van der Waals surface area contributed by atoms with Gasteiger partial charge in [-0.15, -0.1) is 0 Å². The van der Waals surface area contributed by atoms with Gasteiger partial charge in [-0.2, -0.15) is 5.10 Å². The van der Waals surface area contributed by atoms with E-state index >= 15 is 0 Å². The lowest BCUT2D eigenvalue weighted by molar-refractivity contribution is 0.187. The fourth-order valence-electron chi connectivity index (χ4n) is 1.52. The summed E-state index contributed by atoms with van der Waals surface area (Å²) in [5.74, 6) is -0.302. The molecule has 0 fully saturated rings. The molecule has 0 amide bonds. The Labute approximate surface area is 91.9 Å². The van der Waals surface area contributed by atoms with Gasteiger partial charge in [-0.05, 0) is 24.3 Å². The Morgan fingerprint density at radius 2 is 2.06 bits per heavy atom. The van der Waals surface area contributed by atoms with Crippen LogP contribution in [0.15, 0.2) is 30.5 Å². The molecule has 1 atom stereocenters. The Hall–Kier alpha value is -1.72. The zero-order valence-electron chi connectivity index (χ0n) is 8.52. The number of halogens is 1. The number of nitrogens with one attached hydrogen (secondary N) is 1. The molecule has 0 saturated heterocycles. The number of nitrogens with two attached hydrogens (primary N) is 1. The first-order chi connectivity index (χ1) is 7.72. The summed E-state index contributed by atoms with van der Waals surface area (Å²) >= 11 is 0. The van der Waals surface area contributed by atoms with E-state index in [9.17, 15) is 9.50 Å². The molecule has 0 saturated carbocycles. The van der Waals surface area contributed by atoms with Crippen LogP contribution in [0, 0.1) is 5.82 Å². The van der Waals surface area contributed by atoms with Gasteiger partial charge >= 0.3 is 0 Å². The molecular formula is C11H12FN3O. The molecule has 5 heteroatoms. The van der Waals surface area contributed by atoms with Crippen molar-refractivity contribution in [3.63, 3.8) is 0 Å². The monoisotopic (exact) mass is 221 g/mol. The van der Waals surface area contributed by atoms with Crippen LogP contribution in [0.4, 0.5) is 4.39 Å². The topological polar surface area (TPSA) is 74.9 Å². The van der Waals surface area contributed by atoms with Gasteiger partial charge < -0.3 is 10.8 Å². The van der Waals surface area contributed by atoms with Crippen LogP contribution in [0.25, 0.3) is 11.3 Å². The van der Waals surface area contributed by atoms with Gasteiger partial charge in [0, 0.05) is 17.7 Å². The van der Waals surface area contributed by atoms with Crippen molar-refractivity contribution in [1.82, 2.24) is 10.2 Å². The van der Waals surface area contributed by atoms with E-state index < -0.39 is 6.10 Å². The highest BCUT2D eigenvalue weighted by Crippen LogP contribution is 2.25. The Balaban J connectivity index is 2.40. The molecule has 4 nitrogen and oxygen atoms in total. The molecule has 0 aliphatic carbocycles. The Morgan fingerprint density at radius 3 is 2.69 bits per heavy atom. The molecule has 1 unspecified atom stereocenters. The lowest BCUT2D eigenvalue weighted by atomic mass is 10.0. The number of aliphatic hydroxyl groups excluding tert-OH is 1. The summed E-state index contributed by atoms with van der Waals surface area (Å²) in [6.07, 6.45) is 0.759. The quantitative estimate of drug-likeness (QED) is 0.729. The Kier molecular flexibility index (Phi) is 2.98. The Morgan fingerprint density at radius 1 is 1.38 bits per heavy atom. The lowest BCUT2D eigenvalue weighted by Gasteiger charge is -2.08. The maximum atomic E-state index is 12.8. The number of hydrogen-bond acceptors (Lipinski definition) is 3. The third-order valence-electron chi connectivity index (χ3n) is 2.38. The van der Waals surface area contributed by atoms with Gasteiger partial charge in [0.1, 0.15) is 5.82 Å². The van der Waals surface area contributed by atoms with E-state index in [0.717, 1.165) is 5.56 Å². The van der Waals surface area contributed by atoms with Crippen molar-refractivity contribution >= 4 is 0 Å². The standard InChI is InChI=1S/C11H12FN3O/c12-8-3-1-7(2-4-8)11-9(6-14-15-11)10(16)5-13/h1-4,6,10,16H,5,13H2,(H,14,15). The smallest absolute Gasteiger partial charge is 0.123 e. The summed E-state index contributed by atoms with van der Waals surface area (Å²) in [4.78, 5) is 0. The van der Waals surface area contributed by atoms with Crippen LogP contribution in [0.5, 0.6) is 0 Å². The lowest BCUT2D eigenvalue weighted by Crippen LogP contribution is -2.11. The largest absolute Gasteiger partial charge is 0.387 e. The van der Waals surface area contributed by atoms with E-state index in [4.69, 9.17) is 5.73 Å². The third-order valence-corrected chi connectivity index (χ3v) is 2.38. The molecule has 0 aliphatic heterocycles. The van der Waals surface area contributed by atoms with Crippen LogP contribution in [0.3, 0.4) is 0 Å². The van der Waals surface area contributed by atoms with E-state index in [1.165, 1.54) is 18.3 Å². The first kappa shape index (κ1) is 10.8. The summed E-state index contributed by atoms with van der Waals surface area (Å²) in [7, 11) is 0. The molecule has 0 aliphatic rings. The second kappa shape index (κ2) is 4.42. The zero-order chi connectivity index (χ0) is 11.5. The fraction of sp³-hybridized carbons (Fsp3) is 0.182. The average molecular weight is 221 g/mol. The molecule has 0 radical (unpaired) electrons. The van der Waals surface area contributed by atoms with Gasteiger partial charge in [-0.25, -0.2) is 4.39 Å². The minimum absolute atomic E-state index is 0.119. The summed E-state index contributed by atoms with van der Waals surface area (Å²) in [5, 5.41) is 16.3. The molecule has 0 bridgehead atoms. The van der Waals surface area contributed by atoms with Crippen molar-refractivity contribution in [3.05, 3.63) is 41.8 Å². The highest BCUT2D eigenvalue weighted by molar-refractivity contribution is 5.62. The molecule has 1 heterocycles. The van der Waals surface area contributed by atoms with Crippen LogP contribution in [-0.2, 0) is 0 Å². The Bertz CT molecular complexity index is 466. The van der Waals surface area contributed by atoms with Crippen LogP contribution in [-0.4, -0.2) is 21.8 Å². The second-order valence-corrected chi connectivity index (χ2v) is 3.46. The molecule has 16 heavy (non-hydrogen) atoms. The van der Waals surface area contributed by atoms with Gasteiger partial charge in [0.05, 0.1) is 18.0 Å². The second-order valence-electron chi connectivity index (χ2n) is 3.46. The summed E-state index contributed by atoms with van der Waals surface area (Å²) in [6.45, 7) is 0.119. The fourth-order valence-corrected chi connectivity index (χ4v) is 1.52. The highest BCUT2D eigenvalue weighted by Gasteiger charge is 2.14. The van der Waals surface area contributed by atoms with Gasteiger partial charge in [0.2, 0.25) is 0 Å². The van der Waals surface area contributed by atoms with Gasteiger partial charge in [0.15, 0.2) is 0 Å². The highest BCUT2D eigenvalue weighted by atomic mass is 19.1. The predicted octanol–water partition coefficient (Wildman–Crippen LogP) is 1.21. The van der Waals surface area contributed by atoms with Crippen molar-refractivity contribution in [3.8, 4) is 11.3 Å². The third kappa shape index (κ3) is 1.95.